The molecular weight excluding hydrogens is 278 g/mol. The molecule has 2 N–H and O–H groups in total. The molecule has 0 aliphatic carbocycles. The lowest BCUT2D eigenvalue weighted by atomic mass is 10.1. The van der Waals surface area contributed by atoms with Crippen molar-refractivity contribution in [2.75, 3.05) is 11.9 Å². The summed E-state index contributed by atoms with van der Waals surface area (Å²) < 4.78 is 1.04. The number of anilines is 1. The van der Waals surface area contributed by atoms with Crippen molar-refractivity contribution in [3.05, 3.63) is 64.6 Å². The first-order valence-corrected chi connectivity index (χ1v) is 6.27. The molecule has 0 bridgehead atoms. The highest BCUT2D eigenvalue weighted by molar-refractivity contribution is 9.10. The fourth-order valence-electron chi connectivity index (χ4n) is 1.67. The minimum Gasteiger partial charge on any atom is -0.394 e. The molecule has 0 fully saturated rings. The van der Waals surface area contributed by atoms with Crippen LogP contribution in [0.15, 0.2) is 59.1 Å². The van der Waals surface area contributed by atoms with Crippen molar-refractivity contribution in [2.45, 2.75) is 6.04 Å². The smallest absolute Gasteiger partial charge is 0.0745 e. The van der Waals surface area contributed by atoms with E-state index in [0.717, 1.165) is 15.7 Å². The van der Waals surface area contributed by atoms with Gasteiger partial charge in [-0.05, 0) is 29.8 Å². The number of para-hydroxylation sites is 1. The number of hydrogen-bond acceptors (Lipinski definition) is 2. The summed E-state index contributed by atoms with van der Waals surface area (Å²) in [6, 6.07) is 17.8. The van der Waals surface area contributed by atoms with E-state index in [-0.39, 0.29) is 12.6 Å². The average molecular weight is 292 g/mol. The molecule has 0 heterocycles. The molecule has 0 aliphatic rings. The minimum absolute atomic E-state index is 0.0660. The van der Waals surface area contributed by atoms with E-state index in [0.29, 0.717) is 0 Å². The van der Waals surface area contributed by atoms with E-state index in [9.17, 15) is 5.11 Å². The molecular formula is C14H14BrNO. The van der Waals surface area contributed by atoms with Gasteiger partial charge >= 0.3 is 0 Å². The number of benzene rings is 2. The molecule has 2 nitrogen and oxygen atoms in total. The molecule has 0 spiro atoms. The van der Waals surface area contributed by atoms with Gasteiger partial charge in [0.25, 0.3) is 0 Å². The van der Waals surface area contributed by atoms with E-state index >= 15 is 0 Å². The average Bonchev–Trinajstić information content (AvgIpc) is 2.38. The van der Waals surface area contributed by atoms with Crippen LogP contribution in [0.3, 0.4) is 0 Å². The summed E-state index contributed by atoms with van der Waals surface area (Å²) in [4.78, 5) is 0. The minimum atomic E-state index is -0.0782. The SMILES string of the molecule is OC[C@H](Nc1ccccc1)c1ccc(Br)cc1. The summed E-state index contributed by atoms with van der Waals surface area (Å²) in [7, 11) is 0. The van der Waals surface area contributed by atoms with Crippen molar-refractivity contribution >= 4 is 21.6 Å². The first kappa shape index (κ1) is 12.1. The van der Waals surface area contributed by atoms with E-state index in [4.69, 9.17) is 0 Å². The van der Waals surface area contributed by atoms with Gasteiger partial charge in [-0.15, -0.1) is 0 Å². The van der Waals surface area contributed by atoms with Crippen molar-refractivity contribution < 1.29 is 5.11 Å². The van der Waals surface area contributed by atoms with Crippen LogP contribution in [0.4, 0.5) is 5.69 Å². The van der Waals surface area contributed by atoms with E-state index < -0.39 is 0 Å². The maximum Gasteiger partial charge on any atom is 0.0745 e. The molecule has 0 saturated carbocycles. The van der Waals surface area contributed by atoms with Crippen LogP contribution < -0.4 is 5.32 Å². The molecule has 17 heavy (non-hydrogen) atoms. The van der Waals surface area contributed by atoms with E-state index in [1.54, 1.807) is 0 Å². The van der Waals surface area contributed by atoms with Gasteiger partial charge in [0.1, 0.15) is 0 Å². The summed E-state index contributed by atoms with van der Waals surface area (Å²) in [6.07, 6.45) is 0. The van der Waals surface area contributed by atoms with Crippen LogP contribution in [-0.4, -0.2) is 11.7 Å². The maximum atomic E-state index is 9.44. The van der Waals surface area contributed by atoms with Crippen molar-refractivity contribution in [1.82, 2.24) is 0 Å². The molecule has 1 atom stereocenters. The number of hydrogen-bond donors (Lipinski definition) is 2. The zero-order valence-corrected chi connectivity index (χ0v) is 10.9. The maximum absolute atomic E-state index is 9.44. The third-order valence-electron chi connectivity index (χ3n) is 2.57. The Bertz CT molecular complexity index is 455. The van der Waals surface area contributed by atoms with Crippen LogP contribution in [0.1, 0.15) is 11.6 Å². The standard InChI is InChI=1S/C14H14BrNO/c15-12-8-6-11(7-9-12)14(10-17)16-13-4-2-1-3-5-13/h1-9,14,16-17H,10H2/t14-/m0/s1. The van der Waals surface area contributed by atoms with Crippen molar-refractivity contribution in [3.63, 3.8) is 0 Å². The molecule has 0 aromatic heterocycles. The number of aliphatic hydroxyl groups is 1. The highest BCUT2D eigenvalue weighted by atomic mass is 79.9. The predicted octanol–water partition coefficient (Wildman–Crippen LogP) is 3.59. The van der Waals surface area contributed by atoms with Crippen LogP contribution in [-0.2, 0) is 0 Å². The summed E-state index contributed by atoms with van der Waals surface area (Å²) in [5.74, 6) is 0. The van der Waals surface area contributed by atoms with Crippen molar-refractivity contribution in [2.24, 2.45) is 0 Å². The lowest BCUT2D eigenvalue weighted by molar-refractivity contribution is 0.276. The summed E-state index contributed by atoms with van der Waals surface area (Å²) in [6.45, 7) is 0.0660. The summed E-state index contributed by atoms with van der Waals surface area (Å²) in [5, 5.41) is 12.7. The second kappa shape index (κ2) is 5.84. The van der Waals surface area contributed by atoms with Gasteiger partial charge in [-0.1, -0.05) is 46.3 Å². The Morgan fingerprint density at radius 2 is 1.65 bits per heavy atom. The molecule has 0 radical (unpaired) electrons. The van der Waals surface area contributed by atoms with Gasteiger partial charge in [-0.2, -0.15) is 0 Å². The largest absolute Gasteiger partial charge is 0.394 e. The molecule has 88 valence electrons. The van der Waals surface area contributed by atoms with Gasteiger partial charge < -0.3 is 10.4 Å². The molecule has 2 aromatic carbocycles. The first-order valence-electron chi connectivity index (χ1n) is 5.47. The number of nitrogens with one attached hydrogen (secondary N) is 1. The Morgan fingerprint density at radius 3 is 2.24 bits per heavy atom. The molecule has 0 unspecified atom stereocenters. The Labute approximate surface area is 109 Å². The van der Waals surface area contributed by atoms with Crippen molar-refractivity contribution in [3.8, 4) is 0 Å². The number of halogens is 1. The zero-order chi connectivity index (χ0) is 12.1. The zero-order valence-electron chi connectivity index (χ0n) is 9.31. The third kappa shape index (κ3) is 3.32. The second-order valence-electron chi connectivity index (χ2n) is 3.80. The Balaban J connectivity index is 2.14. The summed E-state index contributed by atoms with van der Waals surface area (Å²) in [5.41, 5.74) is 2.08. The predicted molar refractivity (Wildman–Crippen MR) is 74.0 cm³/mol. The first-order chi connectivity index (χ1) is 8.29. The van der Waals surface area contributed by atoms with Gasteiger partial charge in [0.15, 0.2) is 0 Å². The normalized spacial score (nSPS) is 12.1. The Hall–Kier alpha value is -1.32. The summed E-state index contributed by atoms with van der Waals surface area (Å²) >= 11 is 3.40. The van der Waals surface area contributed by atoms with Gasteiger partial charge in [0, 0.05) is 10.2 Å². The fourth-order valence-corrected chi connectivity index (χ4v) is 1.93. The van der Waals surface area contributed by atoms with Crippen LogP contribution in [0.25, 0.3) is 0 Å². The van der Waals surface area contributed by atoms with E-state index in [1.807, 2.05) is 54.6 Å². The van der Waals surface area contributed by atoms with Crippen LogP contribution in [0.5, 0.6) is 0 Å². The number of aliphatic hydroxyl groups excluding tert-OH is 1. The van der Waals surface area contributed by atoms with Gasteiger partial charge in [-0.25, -0.2) is 0 Å². The van der Waals surface area contributed by atoms with Crippen LogP contribution in [0.2, 0.25) is 0 Å². The molecule has 0 amide bonds. The highest BCUT2D eigenvalue weighted by Gasteiger charge is 2.09. The topological polar surface area (TPSA) is 32.3 Å². The third-order valence-corrected chi connectivity index (χ3v) is 3.10. The second-order valence-corrected chi connectivity index (χ2v) is 4.71. The lowest BCUT2D eigenvalue weighted by Crippen LogP contribution is -2.14. The molecule has 2 rings (SSSR count). The van der Waals surface area contributed by atoms with E-state index in [2.05, 4.69) is 21.2 Å². The molecule has 0 aliphatic heterocycles. The fraction of sp³-hybridized carbons (Fsp3) is 0.143. The lowest BCUT2D eigenvalue weighted by Gasteiger charge is -2.18. The highest BCUT2D eigenvalue weighted by Crippen LogP contribution is 2.20. The number of rotatable bonds is 4. The van der Waals surface area contributed by atoms with Crippen LogP contribution >= 0.6 is 15.9 Å². The van der Waals surface area contributed by atoms with E-state index in [1.165, 1.54) is 0 Å². The van der Waals surface area contributed by atoms with Gasteiger partial charge in [0.05, 0.1) is 12.6 Å². The Morgan fingerprint density at radius 1 is 1.00 bits per heavy atom. The van der Waals surface area contributed by atoms with Crippen molar-refractivity contribution in [1.29, 1.82) is 0 Å². The molecule has 2 aromatic rings. The quantitative estimate of drug-likeness (QED) is 0.902. The van der Waals surface area contributed by atoms with Gasteiger partial charge in [0.2, 0.25) is 0 Å². The Kier molecular flexibility index (Phi) is 4.18. The monoisotopic (exact) mass is 291 g/mol. The van der Waals surface area contributed by atoms with Gasteiger partial charge in [-0.3, -0.25) is 0 Å². The molecule has 0 saturated heterocycles. The van der Waals surface area contributed by atoms with Crippen LogP contribution in [0, 0.1) is 0 Å². The molecule has 3 heteroatoms.